The summed E-state index contributed by atoms with van der Waals surface area (Å²) in [7, 11) is 0. The van der Waals surface area contributed by atoms with Crippen molar-refractivity contribution < 1.29 is 4.79 Å². The molecular formula is C9H8N4O. The second-order valence-electron chi connectivity index (χ2n) is 2.76. The van der Waals surface area contributed by atoms with Crippen molar-refractivity contribution in [3.8, 4) is 5.82 Å². The van der Waals surface area contributed by atoms with Crippen LogP contribution in [0, 0.1) is 0 Å². The second kappa shape index (κ2) is 3.29. The van der Waals surface area contributed by atoms with Crippen LogP contribution in [0.4, 0.5) is 5.82 Å². The topological polar surface area (TPSA) is 73.8 Å². The van der Waals surface area contributed by atoms with Gasteiger partial charge in [0.1, 0.15) is 5.82 Å². The summed E-state index contributed by atoms with van der Waals surface area (Å²) in [6.45, 7) is 0. The Morgan fingerprint density at radius 3 is 2.93 bits per heavy atom. The molecule has 0 aromatic carbocycles. The standard InChI is InChI=1S/C9H8N4O/c10-8-2-1-3-9(12-8)13-5-7(6-14)4-11-13/h1-6H,(H2,10,12). The fourth-order valence-electron chi connectivity index (χ4n) is 1.09. The maximum atomic E-state index is 10.4. The van der Waals surface area contributed by atoms with E-state index < -0.39 is 0 Å². The van der Waals surface area contributed by atoms with Crippen molar-refractivity contribution in [2.24, 2.45) is 0 Å². The lowest BCUT2D eigenvalue weighted by atomic mass is 10.4. The van der Waals surface area contributed by atoms with Crippen LogP contribution in [-0.4, -0.2) is 21.1 Å². The summed E-state index contributed by atoms with van der Waals surface area (Å²) in [5.74, 6) is 1.02. The third-order valence-corrected chi connectivity index (χ3v) is 1.73. The maximum Gasteiger partial charge on any atom is 0.155 e. The normalized spacial score (nSPS) is 10.0. The van der Waals surface area contributed by atoms with Crippen LogP contribution in [0.5, 0.6) is 0 Å². The van der Waals surface area contributed by atoms with Crippen LogP contribution in [-0.2, 0) is 0 Å². The van der Waals surface area contributed by atoms with Gasteiger partial charge in [-0.25, -0.2) is 9.67 Å². The summed E-state index contributed by atoms with van der Waals surface area (Å²) >= 11 is 0. The molecular weight excluding hydrogens is 180 g/mol. The molecule has 0 saturated carbocycles. The van der Waals surface area contributed by atoms with Gasteiger partial charge in [-0.3, -0.25) is 4.79 Å². The zero-order chi connectivity index (χ0) is 9.97. The SMILES string of the molecule is Nc1cccc(-n2cc(C=O)cn2)n1. The average molecular weight is 188 g/mol. The summed E-state index contributed by atoms with van der Waals surface area (Å²) in [5, 5.41) is 3.97. The van der Waals surface area contributed by atoms with Gasteiger partial charge in [0.05, 0.1) is 11.8 Å². The molecule has 14 heavy (non-hydrogen) atoms. The second-order valence-corrected chi connectivity index (χ2v) is 2.76. The Hall–Kier alpha value is -2.17. The maximum absolute atomic E-state index is 10.4. The zero-order valence-corrected chi connectivity index (χ0v) is 7.29. The number of rotatable bonds is 2. The van der Waals surface area contributed by atoms with Gasteiger partial charge in [0.2, 0.25) is 0 Å². The molecule has 0 aliphatic carbocycles. The highest BCUT2D eigenvalue weighted by Gasteiger charge is 2.00. The van der Waals surface area contributed by atoms with E-state index in [4.69, 9.17) is 5.73 Å². The van der Waals surface area contributed by atoms with Crippen molar-refractivity contribution in [3.63, 3.8) is 0 Å². The van der Waals surface area contributed by atoms with Crippen LogP contribution in [0.25, 0.3) is 5.82 Å². The molecule has 0 atom stereocenters. The molecule has 70 valence electrons. The van der Waals surface area contributed by atoms with E-state index >= 15 is 0 Å². The minimum Gasteiger partial charge on any atom is -0.384 e. The molecule has 5 heteroatoms. The molecule has 0 saturated heterocycles. The van der Waals surface area contributed by atoms with Gasteiger partial charge in [-0.1, -0.05) is 6.07 Å². The first-order chi connectivity index (χ1) is 6.79. The van der Waals surface area contributed by atoms with Gasteiger partial charge in [-0.15, -0.1) is 0 Å². The Kier molecular flexibility index (Phi) is 1.98. The number of hydrogen-bond donors (Lipinski definition) is 1. The van der Waals surface area contributed by atoms with Crippen molar-refractivity contribution in [2.45, 2.75) is 0 Å². The van der Waals surface area contributed by atoms with E-state index in [1.807, 2.05) is 0 Å². The first-order valence-electron chi connectivity index (χ1n) is 4.02. The predicted molar refractivity (Wildman–Crippen MR) is 51.2 cm³/mol. The molecule has 2 aromatic rings. The van der Waals surface area contributed by atoms with Crippen LogP contribution in [0.15, 0.2) is 30.6 Å². The summed E-state index contributed by atoms with van der Waals surface area (Å²) < 4.78 is 1.50. The zero-order valence-electron chi connectivity index (χ0n) is 7.29. The fourth-order valence-corrected chi connectivity index (χ4v) is 1.09. The van der Waals surface area contributed by atoms with E-state index in [1.54, 1.807) is 24.4 Å². The first-order valence-corrected chi connectivity index (χ1v) is 4.02. The minimum absolute atomic E-state index is 0.422. The van der Waals surface area contributed by atoms with Gasteiger partial charge in [-0.2, -0.15) is 5.10 Å². The molecule has 0 unspecified atom stereocenters. The Morgan fingerprint density at radius 2 is 2.29 bits per heavy atom. The smallest absolute Gasteiger partial charge is 0.155 e. The number of nitrogens with two attached hydrogens (primary N) is 1. The van der Waals surface area contributed by atoms with Crippen molar-refractivity contribution >= 4 is 12.1 Å². The van der Waals surface area contributed by atoms with Gasteiger partial charge in [-0.05, 0) is 12.1 Å². The number of nitrogen functional groups attached to an aromatic ring is 1. The quantitative estimate of drug-likeness (QED) is 0.702. The summed E-state index contributed by atoms with van der Waals surface area (Å²) in [6, 6.07) is 5.23. The number of hydrogen-bond acceptors (Lipinski definition) is 4. The van der Waals surface area contributed by atoms with Crippen molar-refractivity contribution in [1.29, 1.82) is 0 Å². The highest BCUT2D eigenvalue weighted by molar-refractivity contribution is 5.73. The molecule has 0 amide bonds. The number of aromatic nitrogens is 3. The lowest BCUT2D eigenvalue weighted by molar-refractivity contribution is 0.112. The van der Waals surface area contributed by atoms with E-state index in [-0.39, 0.29) is 0 Å². The number of carbonyl (C=O) groups excluding carboxylic acids is 1. The molecule has 0 aliphatic rings. The highest BCUT2D eigenvalue weighted by atomic mass is 16.1. The van der Waals surface area contributed by atoms with Crippen LogP contribution < -0.4 is 5.73 Å². The molecule has 2 rings (SSSR count). The Labute approximate surface area is 80.2 Å². The third kappa shape index (κ3) is 1.47. The number of carbonyl (C=O) groups is 1. The minimum atomic E-state index is 0.422. The predicted octanol–water partition coefficient (Wildman–Crippen LogP) is 0.662. The van der Waals surface area contributed by atoms with Gasteiger partial charge < -0.3 is 5.73 Å². The van der Waals surface area contributed by atoms with Gasteiger partial charge in [0.25, 0.3) is 0 Å². The monoisotopic (exact) mass is 188 g/mol. The van der Waals surface area contributed by atoms with E-state index in [0.717, 1.165) is 6.29 Å². The fraction of sp³-hybridized carbons (Fsp3) is 0. The molecule has 0 spiro atoms. The van der Waals surface area contributed by atoms with Crippen molar-refractivity contribution in [3.05, 3.63) is 36.2 Å². The van der Waals surface area contributed by atoms with Crippen LogP contribution in [0.3, 0.4) is 0 Å². The Balaban J connectivity index is 2.43. The number of nitrogens with zero attached hydrogens (tertiary/aromatic N) is 3. The summed E-state index contributed by atoms with van der Waals surface area (Å²) in [5.41, 5.74) is 6.02. The number of aldehydes is 1. The molecule has 0 bridgehead atoms. The first kappa shape index (κ1) is 8.43. The Bertz CT molecular complexity index is 463. The molecule has 2 N–H and O–H groups in total. The van der Waals surface area contributed by atoms with Gasteiger partial charge in [0, 0.05) is 6.20 Å². The van der Waals surface area contributed by atoms with Gasteiger partial charge >= 0.3 is 0 Å². The molecule has 0 radical (unpaired) electrons. The third-order valence-electron chi connectivity index (χ3n) is 1.73. The van der Waals surface area contributed by atoms with E-state index in [9.17, 15) is 4.79 Å². The van der Waals surface area contributed by atoms with Crippen LogP contribution in [0.1, 0.15) is 10.4 Å². The molecule has 0 fully saturated rings. The van der Waals surface area contributed by atoms with E-state index in [2.05, 4.69) is 10.1 Å². The lowest BCUT2D eigenvalue weighted by Gasteiger charge is -1.99. The molecule has 5 nitrogen and oxygen atoms in total. The average Bonchev–Trinajstić information content (AvgIpc) is 2.66. The summed E-state index contributed by atoms with van der Waals surface area (Å²) in [6.07, 6.45) is 3.79. The summed E-state index contributed by atoms with van der Waals surface area (Å²) in [4.78, 5) is 14.5. The van der Waals surface area contributed by atoms with Crippen molar-refractivity contribution in [1.82, 2.24) is 14.8 Å². The van der Waals surface area contributed by atoms with Gasteiger partial charge in [0.15, 0.2) is 12.1 Å². The van der Waals surface area contributed by atoms with E-state index in [0.29, 0.717) is 17.2 Å². The molecule has 2 heterocycles. The Morgan fingerprint density at radius 1 is 1.43 bits per heavy atom. The lowest BCUT2D eigenvalue weighted by Crippen LogP contribution is -1.99. The number of anilines is 1. The highest BCUT2D eigenvalue weighted by Crippen LogP contribution is 2.06. The van der Waals surface area contributed by atoms with E-state index in [1.165, 1.54) is 10.9 Å². The molecule has 2 aromatic heterocycles. The largest absolute Gasteiger partial charge is 0.384 e. The molecule has 0 aliphatic heterocycles. The van der Waals surface area contributed by atoms with Crippen LogP contribution >= 0.6 is 0 Å². The van der Waals surface area contributed by atoms with Crippen LogP contribution in [0.2, 0.25) is 0 Å². The van der Waals surface area contributed by atoms with Crippen molar-refractivity contribution in [2.75, 3.05) is 5.73 Å². The number of pyridine rings is 1.